The fourth-order valence-corrected chi connectivity index (χ4v) is 1.59. The Bertz CT molecular complexity index is 475. The smallest absolute Gasteiger partial charge is 0.0821 e. The molecule has 0 aliphatic heterocycles. The third-order valence-corrected chi connectivity index (χ3v) is 2.18. The summed E-state index contributed by atoms with van der Waals surface area (Å²) in [7, 11) is 0. The summed E-state index contributed by atoms with van der Waals surface area (Å²) in [6, 6.07) is 5.47. The Morgan fingerprint density at radius 2 is 2.55 bits per heavy atom. The second kappa shape index (κ2) is 2.34. The highest BCUT2D eigenvalue weighted by atomic mass is 79.9. The van der Waals surface area contributed by atoms with Gasteiger partial charge in [0.15, 0.2) is 0 Å². The zero-order valence-corrected chi connectivity index (χ0v) is 7.17. The van der Waals surface area contributed by atoms with Crippen molar-refractivity contribution in [2.24, 2.45) is 6.98 Å². The molecule has 0 N–H and O–H groups in total. The van der Waals surface area contributed by atoms with Crippen molar-refractivity contribution in [2.75, 3.05) is 0 Å². The fraction of sp³-hybridized carbons (Fsp3) is 0.125. The van der Waals surface area contributed by atoms with Crippen molar-refractivity contribution in [3.63, 3.8) is 0 Å². The highest BCUT2D eigenvalue weighted by Gasteiger charge is 2.00. The minimum atomic E-state index is -2.23. The predicted octanol–water partition coefficient (Wildman–Crippen LogP) is 2.34. The number of aryl methyl sites for hydroxylation is 1. The van der Waals surface area contributed by atoms with Crippen LogP contribution in [-0.4, -0.2) is 9.78 Å². The molecule has 1 aromatic heterocycles. The Hall–Kier alpha value is -0.830. The van der Waals surface area contributed by atoms with Gasteiger partial charge in [0.1, 0.15) is 0 Å². The molecule has 0 spiro atoms. The molecule has 1 heterocycles. The van der Waals surface area contributed by atoms with Gasteiger partial charge in [0.05, 0.1) is 11.7 Å². The van der Waals surface area contributed by atoms with E-state index in [4.69, 9.17) is 4.11 Å². The van der Waals surface area contributed by atoms with E-state index in [0.29, 0.717) is 5.52 Å². The lowest BCUT2D eigenvalue weighted by atomic mass is 10.3. The Morgan fingerprint density at radius 3 is 3.36 bits per heavy atom. The fourth-order valence-electron chi connectivity index (χ4n) is 1.04. The van der Waals surface area contributed by atoms with Gasteiger partial charge in [-0.15, -0.1) is 0 Å². The van der Waals surface area contributed by atoms with Crippen molar-refractivity contribution in [1.82, 2.24) is 9.78 Å². The largest absolute Gasteiger partial charge is 0.267 e. The van der Waals surface area contributed by atoms with Crippen LogP contribution in [0.1, 0.15) is 4.11 Å². The van der Waals surface area contributed by atoms with E-state index in [2.05, 4.69) is 21.0 Å². The molecule has 1 aromatic carbocycles. The van der Waals surface area contributed by atoms with Gasteiger partial charge in [-0.25, -0.2) is 0 Å². The molecule has 0 atom stereocenters. The van der Waals surface area contributed by atoms with Crippen molar-refractivity contribution in [3.8, 4) is 0 Å². The number of hydrogen-bond acceptors (Lipinski definition) is 1. The lowest BCUT2D eigenvalue weighted by Gasteiger charge is -1.95. The van der Waals surface area contributed by atoms with Crippen LogP contribution in [0.5, 0.6) is 0 Å². The summed E-state index contributed by atoms with van der Waals surface area (Å²) in [5, 5.41) is 4.67. The van der Waals surface area contributed by atoms with Crippen LogP contribution in [-0.2, 0) is 6.98 Å². The molecule has 2 aromatic rings. The van der Waals surface area contributed by atoms with Crippen LogP contribution in [0, 0.1) is 0 Å². The topological polar surface area (TPSA) is 17.8 Å². The normalized spacial score (nSPS) is 15.9. The Balaban J connectivity index is 2.80. The molecule has 0 bridgehead atoms. The van der Waals surface area contributed by atoms with E-state index >= 15 is 0 Å². The van der Waals surface area contributed by atoms with Gasteiger partial charge in [0, 0.05) is 20.9 Å². The van der Waals surface area contributed by atoms with E-state index in [0.717, 1.165) is 14.5 Å². The van der Waals surface area contributed by atoms with Gasteiger partial charge in [0.2, 0.25) is 0 Å². The maximum Gasteiger partial charge on any atom is 0.0821 e. The number of halogens is 1. The van der Waals surface area contributed by atoms with Gasteiger partial charge in [-0.05, 0) is 22.0 Å². The monoisotopic (exact) mass is 213 g/mol. The minimum absolute atomic E-state index is 0.604. The third kappa shape index (κ3) is 0.959. The van der Waals surface area contributed by atoms with E-state index in [1.165, 1.54) is 0 Å². The van der Waals surface area contributed by atoms with Crippen molar-refractivity contribution in [2.45, 2.75) is 0 Å². The first-order chi connectivity index (χ1) is 6.50. The summed E-state index contributed by atoms with van der Waals surface area (Å²) in [5.74, 6) is 0. The number of fused-ring (bicyclic) bond motifs is 1. The second-order valence-electron chi connectivity index (χ2n) is 2.23. The number of aromatic nitrogens is 2. The highest BCUT2D eigenvalue weighted by Crippen LogP contribution is 2.22. The van der Waals surface area contributed by atoms with Gasteiger partial charge in [0.25, 0.3) is 0 Å². The highest BCUT2D eigenvalue weighted by molar-refractivity contribution is 9.10. The molecular weight excluding hydrogens is 204 g/mol. The van der Waals surface area contributed by atoms with Crippen molar-refractivity contribution in [3.05, 3.63) is 28.9 Å². The third-order valence-electron chi connectivity index (χ3n) is 1.54. The van der Waals surface area contributed by atoms with Crippen LogP contribution in [0.3, 0.4) is 0 Å². The maximum atomic E-state index is 7.28. The van der Waals surface area contributed by atoms with Gasteiger partial charge >= 0.3 is 0 Å². The molecule has 0 saturated heterocycles. The van der Waals surface area contributed by atoms with Gasteiger partial charge in [-0.1, -0.05) is 12.1 Å². The molecule has 0 amide bonds. The summed E-state index contributed by atoms with van der Waals surface area (Å²) in [6.07, 6.45) is 1.55. The number of para-hydroxylation sites is 1. The number of hydrogen-bond donors (Lipinski definition) is 0. The van der Waals surface area contributed by atoms with Crippen LogP contribution >= 0.6 is 15.9 Å². The van der Waals surface area contributed by atoms with E-state index in [1.807, 2.05) is 12.1 Å². The first-order valence-corrected chi connectivity index (χ1v) is 3.92. The SMILES string of the molecule is [2H]C([2H])([2H])n1ncc2cccc(Br)c21. The van der Waals surface area contributed by atoms with Crippen LogP contribution in [0.25, 0.3) is 10.9 Å². The molecule has 2 nitrogen and oxygen atoms in total. The van der Waals surface area contributed by atoms with Gasteiger partial charge < -0.3 is 0 Å². The van der Waals surface area contributed by atoms with E-state index in [-0.39, 0.29) is 0 Å². The van der Waals surface area contributed by atoms with Crippen LogP contribution in [0.2, 0.25) is 0 Å². The quantitative estimate of drug-likeness (QED) is 0.658. The average molecular weight is 214 g/mol. The number of rotatable bonds is 0. The molecule has 11 heavy (non-hydrogen) atoms. The van der Waals surface area contributed by atoms with Crippen molar-refractivity contribution < 1.29 is 4.11 Å². The first kappa shape index (κ1) is 4.26. The van der Waals surface area contributed by atoms with Crippen LogP contribution < -0.4 is 0 Å². The molecule has 0 fully saturated rings. The first-order valence-electron chi connectivity index (χ1n) is 4.63. The van der Waals surface area contributed by atoms with E-state index < -0.39 is 6.98 Å². The standard InChI is InChI=1S/C8H7BrN2/c1-11-8-6(5-10-11)3-2-4-7(8)9/h2-5H,1H3/i1D3. The van der Waals surface area contributed by atoms with Crippen LogP contribution in [0.4, 0.5) is 0 Å². The minimum Gasteiger partial charge on any atom is -0.267 e. The van der Waals surface area contributed by atoms with E-state index in [9.17, 15) is 0 Å². The lowest BCUT2D eigenvalue weighted by molar-refractivity contribution is 0.795. The summed E-state index contributed by atoms with van der Waals surface area (Å²) < 4.78 is 23.6. The number of benzene rings is 1. The molecule has 3 heteroatoms. The number of nitrogens with zero attached hydrogens (tertiary/aromatic N) is 2. The Labute approximate surface area is 77.2 Å². The zero-order valence-electron chi connectivity index (χ0n) is 8.58. The molecule has 0 unspecified atom stereocenters. The Morgan fingerprint density at radius 1 is 1.64 bits per heavy atom. The maximum absolute atomic E-state index is 7.28. The van der Waals surface area contributed by atoms with Gasteiger partial charge in [-0.2, -0.15) is 5.10 Å². The predicted molar refractivity (Wildman–Crippen MR) is 48.4 cm³/mol. The zero-order chi connectivity index (χ0) is 10.3. The average Bonchev–Trinajstić information content (AvgIpc) is 2.47. The summed E-state index contributed by atoms with van der Waals surface area (Å²) in [6.45, 7) is -2.23. The summed E-state index contributed by atoms with van der Waals surface area (Å²) in [4.78, 5) is 0. The van der Waals surface area contributed by atoms with Gasteiger partial charge in [-0.3, -0.25) is 4.68 Å². The van der Waals surface area contributed by atoms with Crippen LogP contribution in [0.15, 0.2) is 28.9 Å². The van der Waals surface area contributed by atoms with Crippen molar-refractivity contribution in [1.29, 1.82) is 0 Å². The molecule has 0 saturated carbocycles. The Kier molecular flexibility index (Phi) is 0.906. The molecule has 2 rings (SSSR count). The molecule has 56 valence electrons. The molecule has 0 radical (unpaired) electrons. The summed E-state index contributed by atoms with van der Waals surface area (Å²) in [5.41, 5.74) is 0.604. The van der Waals surface area contributed by atoms with E-state index in [1.54, 1.807) is 12.3 Å². The molecule has 0 aliphatic rings. The second-order valence-corrected chi connectivity index (χ2v) is 3.09. The lowest BCUT2D eigenvalue weighted by Crippen LogP contribution is -1.88. The van der Waals surface area contributed by atoms with Crippen molar-refractivity contribution >= 4 is 26.8 Å². The summed E-state index contributed by atoms with van der Waals surface area (Å²) >= 11 is 3.31. The molecule has 0 aliphatic carbocycles. The molecular formula is C8H7BrN2.